The number of hydrogen-bond donors (Lipinski definition) is 1. The summed E-state index contributed by atoms with van der Waals surface area (Å²) < 4.78 is 40.0. The van der Waals surface area contributed by atoms with Crippen LogP contribution in [0.3, 0.4) is 0 Å². The number of nitrogens with zero attached hydrogens (tertiary/aromatic N) is 1. The molecule has 2 N–H and O–H groups in total. The van der Waals surface area contributed by atoms with Gasteiger partial charge in [-0.25, -0.2) is 18.2 Å². The first-order valence-corrected chi connectivity index (χ1v) is 5.62. The number of rotatable bonds is 3. The number of benzene rings is 1. The molecule has 0 aliphatic rings. The third kappa shape index (κ3) is 2.52. The number of carbonyl (C=O) groups is 1. The van der Waals surface area contributed by atoms with Crippen LogP contribution in [0.1, 0.15) is 17.7 Å². The van der Waals surface area contributed by atoms with Gasteiger partial charge in [0.05, 0.1) is 0 Å². The summed E-state index contributed by atoms with van der Waals surface area (Å²) in [6, 6.07) is 2.51. The van der Waals surface area contributed by atoms with Crippen LogP contribution in [0.15, 0.2) is 12.1 Å². The van der Waals surface area contributed by atoms with E-state index in [2.05, 4.69) is 4.98 Å². The summed E-state index contributed by atoms with van der Waals surface area (Å²) in [4.78, 5) is 14.6. The van der Waals surface area contributed by atoms with Crippen LogP contribution in [0.25, 0.3) is 10.9 Å². The van der Waals surface area contributed by atoms with Gasteiger partial charge in [0.2, 0.25) is 5.91 Å². The second kappa shape index (κ2) is 4.87. The highest BCUT2D eigenvalue weighted by molar-refractivity contribution is 5.83. The summed E-state index contributed by atoms with van der Waals surface area (Å²) in [5, 5.41) is 0.208. The molecule has 1 aromatic carbocycles. The van der Waals surface area contributed by atoms with Gasteiger partial charge in [-0.05, 0) is 31.0 Å². The number of primary amides is 1. The van der Waals surface area contributed by atoms with Gasteiger partial charge < -0.3 is 5.73 Å². The molecule has 0 bridgehead atoms. The zero-order valence-corrected chi connectivity index (χ0v) is 10.1. The van der Waals surface area contributed by atoms with Gasteiger partial charge in [0.1, 0.15) is 5.52 Å². The first kappa shape index (κ1) is 13.3. The van der Waals surface area contributed by atoms with Crippen molar-refractivity contribution in [3.8, 4) is 0 Å². The Labute approximate surface area is 107 Å². The molecular formula is C13H11F3N2O. The Bertz CT molecular complexity index is 671. The second-order valence-corrected chi connectivity index (χ2v) is 4.28. The normalized spacial score (nSPS) is 10.9. The molecule has 0 unspecified atom stereocenters. The highest BCUT2D eigenvalue weighted by Crippen LogP contribution is 2.25. The zero-order valence-electron chi connectivity index (χ0n) is 10.1. The van der Waals surface area contributed by atoms with Gasteiger partial charge in [0.25, 0.3) is 0 Å². The molecule has 1 heterocycles. The molecule has 0 spiro atoms. The summed E-state index contributed by atoms with van der Waals surface area (Å²) in [7, 11) is 0. The standard InChI is InChI=1S/C13H11F3N2O/c1-6-4-7(2-3-10(17)19)18-13-8(6)5-9(14)11(15)12(13)16/h4-5H,2-3H2,1H3,(H2,17,19). The molecule has 0 fully saturated rings. The monoisotopic (exact) mass is 268 g/mol. The van der Waals surface area contributed by atoms with Gasteiger partial charge in [0, 0.05) is 17.5 Å². The molecule has 0 atom stereocenters. The first-order valence-electron chi connectivity index (χ1n) is 5.62. The quantitative estimate of drug-likeness (QED) is 0.869. The Balaban J connectivity index is 2.58. The third-order valence-electron chi connectivity index (χ3n) is 2.83. The van der Waals surface area contributed by atoms with Crippen molar-refractivity contribution in [2.75, 3.05) is 0 Å². The molecule has 0 aliphatic heterocycles. The molecule has 6 heteroatoms. The van der Waals surface area contributed by atoms with Crippen LogP contribution in [-0.4, -0.2) is 10.9 Å². The number of aryl methyl sites for hydroxylation is 2. The molecule has 0 radical (unpaired) electrons. The van der Waals surface area contributed by atoms with Crippen LogP contribution in [0.2, 0.25) is 0 Å². The number of pyridine rings is 1. The molecular weight excluding hydrogens is 257 g/mol. The maximum atomic E-state index is 13.6. The van der Waals surface area contributed by atoms with Gasteiger partial charge in [-0.1, -0.05) is 0 Å². The lowest BCUT2D eigenvalue weighted by atomic mass is 10.1. The maximum absolute atomic E-state index is 13.6. The lowest BCUT2D eigenvalue weighted by Crippen LogP contribution is -2.12. The van der Waals surface area contributed by atoms with Crippen LogP contribution >= 0.6 is 0 Å². The van der Waals surface area contributed by atoms with Crippen molar-refractivity contribution < 1.29 is 18.0 Å². The minimum Gasteiger partial charge on any atom is -0.370 e. The van der Waals surface area contributed by atoms with E-state index in [4.69, 9.17) is 5.73 Å². The Morgan fingerprint density at radius 3 is 2.58 bits per heavy atom. The Hall–Kier alpha value is -2.11. The molecule has 100 valence electrons. The Morgan fingerprint density at radius 1 is 1.26 bits per heavy atom. The number of carbonyl (C=O) groups excluding carboxylic acids is 1. The van der Waals surface area contributed by atoms with Crippen molar-refractivity contribution in [1.82, 2.24) is 4.98 Å². The van der Waals surface area contributed by atoms with E-state index in [9.17, 15) is 18.0 Å². The molecule has 19 heavy (non-hydrogen) atoms. The molecule has 0 saturated carbocycles. The van der Waals surface area contributed by atoms with Crippen LogP contribution in [0.4, 0.5) is 13.2 Å². The van der Waals surface area contributed by atoms with E-state index in [-0.39, 0.29) is 23.7 Å². The van der Waals surface area contributed by atoms with Crippen molar-refractivity contribution in [2.45, 2.75) is 19.8 Å². The highest BCUT2D eigenvalue weighted by Gasteiger charge is 2.16. The lowest BCUT2D eigenvalue weighted by Gasteiger charge is -2.08. The van der Waals surface area contributed by atoms with E-state index in [0.29, 0.717) is 11.3 Å². The van der Waals surface area contributed by atoms with Crippen LogP contribution in [-0.2, 0) is 11.2 Å². The number of amides is 1. The van der Waals surface area contributed by atoms with Crippen molar-refractivity contribution >= 4 is 16.8 Å². The molecule has 0 saturated heterocycles. The van der Waals surface area contributed by atoms with Crippen LogP contribution in [0, 0.1) is 24.4 Å². The fraction of sp³-hybridized carbons (Fsp3) is 0.231. The summed E-state index contributed by atoms with van der Waals surface area (Å²) in [6.45, 7) is 1.63. The predicted molar refractivity (Wildman–Crippen MR) is 63.9 cm³/mol. The Morgan fingerprint density at radius 2 is 1.95 bits per heavy atom. The highest BCUT2D eigenvalue weighted by atomic mass is 19.2. The molecule has 0 aliphatic carbocycles. The van der Waals surface area contributed by atoms with E-state index >= 15 is 0 Å². The molecule has 2 rings (SSSR count). The van der Waals surface area contributed by atoms with Crippen molar-refractivity contribution in [3.05, 3.63) is 40.8 Å². The Kier molecular flexibility index (Phi) is 3.42. The molecule has 3 nitrogen and oxygen atoms in total. The summed E-state index contributed by atoms with van der Waals surface area (Å²) in [6.07, 6.45) is 0.286. The van der Waals surface area contributed by atoms with Crippen LogP contribution < -0.4 is 5.73 Å². The first-order chi connectivity index (χ1) is 8.90. The van der Waals surface area contributed by atoms with Crippen molar-refractivity contribution in [2.24, 2.45) is 5.73 Å². The van der Waals surface area contributed by atoms with E-state index in [1.807, 2.05) is 0 Å². The zero-order chi connectivity index (χ0) is 14.2. The summed E-state index contributed by atoms with van der Waals surface area (Å²) >= 11 is 0. The summed E-state index contributed by atoms with van der Waals surface area (Å²) in [5.74, 6) is -4.63. The average molecular weight is 268 g/mol. The van der Waals surface area contributed by atoms with E-state index in [1.165, 1.54) is 0 Å². The van der Waals surface area contributed by atoms with Crippen molar-refractivity contribution in [1.29, 1.82) is 0 Å². The predicted octanol–water partition coefficient (Wildman–Crippen LogP) is 2.38. The minimum absolute atomic E-state index is 0.0588. The number of fused-ring (bicyclic) bond motifs is 1. The number of aromatic nitrogens is 1. The fourth-order valence-electron chi connectivity index (χ4n) is 1.88. The lowest BCUT2D eigenvalue weighted by molar-refractivity contribution is -0.118. The van der Waals surface area contributed by atoms with E-state index in [0.717, 1.165) is 6.07 Å². The van der Waals surface area contributed by atoms with Crippen molar-refractivity contribution in [3.63, 3.8) is 0 Å². The SMILES string of the molecule is Cc1cc(CCC(N)=O)nc2c(F)c(F)c(F)cc12. The fourth-order valence-corrected chi connectivity index (χ4v) is 1.88. The van der Waals surface area contributed by atoms with Gasteiger partial charge in [-0.3, -0.25) is 4.79 Å². The van der Waals surface area contributed by atoms with E-state index < -0.39 is 23.4 Å². The van der Waals surface area contributed by atoms with Gasteiger partial charge in [-0.2, -0.15) is 0 Å². The minimum atomic E-state index is -1.55. The summed E-state index contributed by atoms with van der Waals surface area (Å²) in [5.41, 5.74) is 5.75. The van der Waals surface area contributed by atoms with E-state index in [1.54, 1.807) is 13.0 Å². The number of hydrogen-bond acceptors (Lipinski definition) is 2. The van der Waals surface area contributed by atoms with Gasteiger partial charge in [-0.15, -0.1) is 0 Å². The second-order valence-electron chi connectivity index (χ2n) is 4.28. The number of halogens is 3. The van der Waals surface area contributed by atoms with Gasteiger partial charge in [0.15, 0.2) is 17.5 Å². The molecule has 2 aromatic rings. The largest absolute Gasteiger partial charge is 0.370 e. The smallest absolute Gasteiger partial charge is 0.217 e. The van der Waals surface area contributed by atoms with Crippen LogP contribution in [0.5, 0.6) is 0 Å². The molecule has 1 amide bonds. The molecule has 1 aromatic heterocycles. The third-order valence-corrected chi connectivity index (χ3v) is 2.83. The number of nitrogens with two attached hydrogens (primary N) is 1. The maximum Gasteiger partial charge on any atom is 0.217 e. The van der Waals surface area contributed by atoms with Gasteiger partial charge >= 0.3 is 0 Å². The average Bonchev–Trinajstić information content (AvgIpc) is 2.35. The topological polar surface area (TPSA) is 56.0 Å².